The number of anilines is 1. The van der Waals surface area contributed by atoms with Crippen molar-refractivity contribution in [2.45, 2.75) is 24.3 Å². The molecular formula is C13H17N5O2S. The Morgan fingerprint density at radius 3 is 2.90 bits per heavy atom. The lowest BCUT2D eigenvalue weighted by atomic mass is 10.2. The highest BCUT2D eigenvalue weighted by atomic mass is 32.2. The monoisotopic (exact) mass is 307 g/mol. The molecule has 0 unspecified atom stereocenters. The number of ether oxygens (including phenoxy) is 1. The standard InChI is InChI=1S/C13H17N5O2S/c1-8-4-5-11(20-3)10(6-8)16-12(19)9(2)21-13-17-15-7-18(13)14/h4-7,9H,14H2,1-3H3,(H,16,19)/t9-/m1/s1. The van der Waals surface area contributed by atoms with Gasteiger partial charge in [0.25, 0.3) is 0 Å². The Balaban J connectivity index is 2.07. The molecule has 0 aliphatic carbocycles. The van der Waals surface area contributed by atoms with Crippen molar-refractivity contribution in [1.82, 2.24) is 14.9 Å². The molecule has 0 fully saturated rings. The summed E-state index contributed by atoms with van der Waals surface area (Å²) in [7, 11) is 1.56. The summed E-state index contributed by atoms with van der Waals surface area (Å²) in [6, 6.07) is 5.60. The summed E-state index contributed by atoms with van der Waals surface area (Å²) in [6.07, 6.45) is 1.39. The van der Waals surface area contributed by atoms with Crippen LogP contribution >= 0.6 is 11.8 Å². The van der Waals surface area contributed by atoms with E-state index in [2.05, 4.69) is 15.5 Å². The number of carbonyl (C=O) groups excluding carboxylic acids is 1. The fourth-order valence-corrected chi connectivity index (χ4v) is 2.43. The second-order valence-corrected chi connectivity index (χ2v) is 5.78. The Hall–Kier alpha value is -2.22. The zero-order chi connectivity index (χ0) is 15.4. The number of nitrogens with one attached hydrogen (secondary N) is 1. The van der Waals surface area contributed by atoms with E-state index in [1.807, 2.05) is 25.1 Å². The van der Waals surface area contributed by atoms with Gasteiger partial charge in [0, 0.05) is 0 Å². The van der Waals surface area contributed by atoms with Crippen LogP contribution in [-0.2, 0) is 4.79 Å². The predicted octanol–water partition coefficient (Wildman–Crippen LogP) is 1.43. The first-order valence-corrected chi connectivity index (χ1v) is 7.16. The number of methoxy groups -OCH3 is 1. The second kappa shape index (κ2) is 6.49. The van der Waals surface area contributed by atoms with Crippen LogP contribution in [0.1, 0.15) is 12.5 Å². The highest BCUT2D eigenvalue weighted by Gasteiger charge is 2.18. The van der Waals surface area contributed by atoms with E-state index in [0.717, 1.165) is 5.56 Å². The third-order valence-electron chi connectivity index (χ3n) is 2.80. The number of nitrogens with two attached hydrogens (primary N) is 1. The zero-order valence-corrected chi connectivity index (χ0v) is 12.8. The molecule has 0 aliphatic rings. The van der Waals surface area contributed by atoms with Gasteiger partial charge in [-0.25, -0.2) is 4.68 Å². The number of benzene rings is 1. The average Bonchev–Trinajstić information content (AvgIpc) is 2.84. The third-order valence-corrected chi connectivity index (χ3v) is 3.88. The molecular weight excluding hydrogens is 290 g/mol. The summed E-state index contributed by atoms with van der Waals surface area (Å²) in [5, 5.41) is 10.5. The molecule has 1 aromatic carbocycles. The average molecular weight is 307 g/mol. The van der Waals surface area contributed by atoms with E-state index in [1.54, 1.807) is 14.0 Å². The molecule has 21 heavy (non-hydrogen) atoms. The van der Waals surface area contributed by atoms with Crippen molar-refractivity contribution in [3.63, 3.8) is 0 Å². The van der Waals surface area contributed by atoms with Crippen LogP contribution in [0.25, 0.3) is 0 Å². The molecule has 3 N–H and O–H groups in total. The first kappa shape index (κ1) is 15.2. The van der Waals surface area contributed by atoms with Crippen molar-refractivity contribution < 1.29 is 9.53 Å². The van der Waals surface area contributed by atoms with Gasteiger partial charge in [0.05, 0.1) is 18.0 Å². The van der Waals surface area contributed by atoms with Crippen molar-refractivity contribution >= 4 is 23.4 Å². The molecule has 0 spiro atoms. The molecule has 0 bridgehead atoms. The van der Waals surface area contributed by atoms with Crippen LogP contribution in [0.15, 0.2) is 29.7 Å². The fourth-order valence-electron chi connectivity index (χ4n) is 1.68. The van der Waals surface area contributed by atoms with E-state index >= 15 is 0 Å². The van der Waals surface area contributed by atoms with Gasteiger partial charge in [-0.3, -0.25) is 4.79 Å². The van der Waals surface area contributed by atoms with Gasteiger partial charge in [-0.15, -0.1) is 10.2 Å². The van der Waals surface area contributed by atoms with Crippen molar-refractivity contribution in [2.75, 3.05) is 18.3 Å². The minimum absolute atomic E-state index is 0.160. The molecule has 2 aromatic rings. The van der Waals surface area contributed by atoms with E-state index in [4.69, 9.17) is 10.6 Å². The quantitative estimate of drug-likeness (QED) is 0.641. The van der Waals surface area contributed by atoms with Crippen LogP contribution in [0.2, 0.25) is 0 Å². The first-order chi connectivity index (χ1) is 10.0. The zero-order valence-electron chi connectivity index (χ0n) is 12.0. The number of carbonyl (C=O) groups is 1. The van der Waals surface area contributed by atoms with Crippen LogP contribution in [0.4, 0.5) is 5.69 Å². The van der Waals surface area contributed by atoms with Gasteiger partial charge >= 0.3 is 0 Å². The molecule has 0 saturated heterocycles. The number of aryl methyl sites for hydroxylation is 1. The number of hydrogen-bond donors (Lipinski definition) is 2. The summed E-state index contributed by atoms with van der Waals surface area (Å²) >= 11 is 1.23. The molecule has 112 valence electrons. The van der Waals surface area contributed by atoms with Gasteiger partial charge < -0.3 is 15.9 Å². The fraction of sp³-hybridized carbons (Fsp3) is 0.308. The summed E-state index contributed by atoms with van der Waals surface area (Å²) in [4.78, 5) is 12.2. The van der Waals surface area contributed by atoms with E-state index in [0.29, 0.717) is 16.6 Å². The number of rotatable bonds is 5. The normalized spacial score (nSPS) is 12.0. The maximum atomic E-state index is 12.2. The highest BCUT2D eigenvalue weighted by molar-refractivity contribution is 8.00. The number of amides is 1. The van der Waals surface area contributed by atoms with Gasteiger partial charge in [-0.05, 0) is 31.5 Å². The van der Waals surface area contributed by atoms with Gasteiger partial charge in [0.15, 0.2) is 0 Å². The number of nitrogen functional groups attached to an aromatic ring is 1. The minimum atomic E-state index is -0.373. The largest absolute Gasteiger partial charge is 0.495 e. The Bertz CT molecular complexity index is 643. The lowest BCUT2D eigenvalue weighted by molar-refractivity contribution is -0.115. The number of nitrogens with zero attached hydrogens (tertiary/aromatic N) is 3. The van der Waals surface area contributed by atoms with Gasteiger partial charge in [-0.1, -0.05) is 17.8 Å². The summed E-state index contributed by atoms with van der Waals surface area (Å²) in [5.74, 6) is 6.08. The van der Waals surface area contributed by atoms with Crippen molar-refractivity contribution in [3.05, 3.63) is 30.1 Å². The second-order valence-electron chi connectivity index (χ2n) is 4.47. The predicted molar refractivity (Wildman–Crippen MR) is 81.9 cm³/mol. The number of hydrogen-bond acceptors (Lipinski definition) is 6. The highest BCUT2D eigenvalue weighted by Crippen LogP contribution is 2.27. The molecule has 2 rings (SSSR count). The Kier molecular flexibility index (Phi) is 4.69. The smallest absolute Gasteiger partial charge is 0.237 e. The molecule has 1 heterocycles. The van der Waals surface area contributed by atoms with Gasteiger partial charge in [0.1, 0.15) is 12.1 Å². The first-order valence-electron chi connectivity index (χ1n) is 6.28. The maximum Gasteiger partial charge on any atom is 0.237 e. The van der Waals surface area contributed by atoms with Crippen molar-refractivity contribution in [2.24, 2.45) is 0 Å². The lowest BCUT2D eigenvalue weighted by Crippen LogP contribution is -2.23. The lowest BCUT2D eigenvalue weighted by Gasteiger charge is -2.14. The van der Waals surface area contributed by atoms with Crippen molar-refractivity contribution in [1.29, 1.82) is 0 Å². The number of thioether (sulfide) groups is 1. The Labute approximate surface area is 126 Å². The summed E-state index contributed by atoms with van der Waals surface area (Å²) in [6.45, 7) is 3.72. The van der Waals surface area contributed by atoms with Crippen LogP contribution in [-0.4, -0.2) is 33.1 Å². The summed E-state index contributed by atoms with van der Waals surface area (Å²) in [5.41, 5.74) is 1.68. The minimum Gasteiger partial charge on any atom is -0.495 e. The topological polar surface area (TPSA) is 95.1 Å². The van der Waals surface area contributed by atoms with E-state index < -0.39 is 0 Å². The van der Waals surface area contributed by atoms with E-state index in [-0.39, 0.29) is 11.2 Å². The molecule has 0 aliphatic heterocycles. The van der Waals surface area contributed by atoms with Crippen LogP contribution in [0.5, 0.6) is 5.75 Å². The van der Waals surface area contributed by atoms with E-state index in [9.17, 15) is 4.79 Å². The molecule has 1 aromatic heterocycles. The SMILES string of the molecule is COc1ccc(C)cc1NC(=O)[C@@H](C)Sc1nncn1N. The molecule has 1 atom stereocenters. The Morgan fingerprint density at radius 2 is 2.29 bits per heavy atom. The van der Waals surface area contributed by atoms with Crippen molar-refractivity contribution in [3.8, 4) is 5.75 Å². The van der Waals surface area contributed by atoms with Gasteiger partial charge in [-0.2, -0.15) is 0 Å². The van der Waals surface area contributed by atoms with Crippen LogP contribution in [0, 0.1) is 6.92 Å². The summed E-state index contributed by atoms with van der Waals surface area (Å²) < 4.78 is 6.52. The van der Waals surface area contributed by atoms with Crippen LogP contribution < -0.4 is 15.9 Å². The molecule has 8 heteroatoms. The molecule has 0 saturated carbocycles. The number of aromatic nitrogens is 3. The Morgan fingerprint density at radius 1 is 1.52 bits per heavy atom. The third kappa shape index (κ3) is 3.66. The molecule has 0 radical (unpaired) electrons. The van der Waals surface area contributed by atoms with E-state index in [1.165, 1.54) is 22.8 Å². The van der Waals surface area contributed by atoms with Crippen LogP contribution in [0.3, 0.4) is 0 Å². The van der Waals surface area contributed by atoms with Gasteiger partial charge in [0.2, 0.25) is 11.1 Å². The maximum absolute atomic E-state index is 12.2. The molecule has 1 amide bonds. The molecule has 7 nitrogen and oxygen atoms in total.